The molecule has 6 nitrogen and oxygen atoms in total. The van der Waals surface area contributed by atoms with Crippen molar-refractivity contribution in [2.75, 3.05) is 5.75 Å². The van der Waals surface area contributed by atoms with E-state index in [4.69, 9.17) is 15.4 Å². The molecule has 1 atom stereocenters. The summed E-state index contributed by atoms with van der Waals surface area (Å²) in [7, 11) is -4.27. The van der Waals surface area contributed by atoms with Gasteiger partial charge >= 0.3 is 5.97 Å². The minimum atomic E-state index is -4.27. The normalized spacial score (nSPS) is 13.3. The van der Waals surface area contributed by atoms with Crippen molar-refractivity contribution >= 4 is 16.1 Å². The Morgan fingerprint density at radius 1 is 1.55 bits per heavy atom. The van der Waals surface area contributed by atoms with E-state index in [0.717, 1.165) is 0 Å². The molecule has 0 radical (unpaired) electrons. The average Bonchev–Trinajstić information content (AvgIpc) is 1.60. The summed E-state index contributed by atoms with van der Waals surface area (Å²) in [5.41, 5.74) is 4.76. The van der Waals surface area contributed by atoms with Gasteiger partial charge in [0.1, 0.15) is 11.8 Å². The number of carbonyl (C=O) groups is 1. The van der Waals surface area contributed by atoms with Crippen LogP contribution in [0, 0.1) is 0 Å². The van der Waals surface area contributed by atoms with E-state index in [1.165, 1.54) is 0 Å². The van der Waals surface area contributed by atoms with Crippen LogP contribution >= 0.6 is 0 Å². The van der Waals surface area contributed by atoms with Crippen LogP contribution in [0.2, 0.25) is 0 Å². The van der Waals surface area contributed by atoms with E-state index in [1.807, 2.05) is 0 Å². The molecule has 0 aromatic carbocycles. The summed E-state index contributed by atoms with van der Waals surface area (Å²) in [6.07, 6.45) is 0. The Labute approximate surface area is 76.3 Å². The standard InChI is InChI=1S/C3H7NO5S.Zn/c4-2(3(5)6)1-10(7,8)9;/h2H,1,4H2,(H,5,6)(H,7,8,9);/t2-;/m1./s1. The first kappa shape index (κ1) is 13.5. The predicted molar refractivity (Wildman–Crippen MR) is 32.0 cm³/mol. The van der Waals surface area contributed by atoms with E-state index < -0.39 is 27.9 Å². The molecule has 4 N–H and O–H groups in total. The summed E-state index contributed by atoms with van der Waals surface area (Å²) in [6, 6.07) is -1.56. The number of hydrogen-bond acceptors (Lipinski definition) is 4. The Balaban J connectivity index is 0. The van der Waals surface area contributed by atoms with Crippen molar-refractivity contribution < 1.29 is 42.3 Å². The van der Waals surface area contributed by atoms with Gasteiger partial charge in [0.05, 0.1) is 0 Å². The second-order valence-corrected chi connectivity index (χ2v) is 3.19. The zero-order valence-electron chi connectivity index (χ0n) is 5.60. The average molecular weight is 235 g/mol. The van der Waals surface area contributed by atoms with E-state index in [-0.39, 0.29) is 19.5 Å². The first-order chi connectivity index (χ1) is 4.33. The maximum absolute atomic E-state index is 9.96. The van der Waals surface area contributed by atoms with Gasteiger partial charge in [-0.05, 0) is 0 Å². The van der Waals surface area contributed by atoms with Gasteiger partial charge in [-0.15, -0.1) is 0 Å². The van der Waals surface area contributed by atoms with Crippen LogP contribution in [0.25, 0.3) is 0 Å². The van der Waals surface area contributed by atoms with Crippen LogP contribution < -0.4 is 5.73 Å². The van der Waals surface area contributed by atoms with Gasteiger partial charge in [-0.1, -0.05) is 0 Å². The zero-order chi connectivity index (χ0) is 8.36. The molecule has 0 heterocycles. The molecule has 8 heteroatoms. The van der Waals surface area contributed by atoms with Crippen molar-refractivity contribution in [1.82, 2.24) is 0 Å². The number of carboxylic acid groups (broad SMARTS) is 1. The van der Waals surface area contributed by atoms with Gasteiger partial charge in [0, 0.05) is 19.5 Å². The van der Waals surface area contributed by atoms with Crippen molar-refractivity contribution in [3.63, 3.8) is 0 Å². The monoisotopic (exact) mass is 233 g/mol. The van der Waals surface area contributed by atoms with Crippen LogP contribution in [0.4, 0.5) is 0 Å². The molecule has 0 aliphatic carbocycles. The van der Waals surface area contributed by atoms with Gasteiger partial charge in [-0.25, -0.2) is 0 Å². The molecule has 0 rings (SSSR count). The molecule has 0 saturated carbocycles. The second kappa shape index (κ2) is 4.76. The van der Waals surface area contributed by atoms with Gasteiger partial charge in [-0.3, -0.25) is 9.35 Å². The fraction of sp³-hybridized carbons (Fsp3) is 0.667. The Bertz CT molecular complexity index is 224. The summed E-state index contributed by atoms with van der Waals surface area (Å²) in [6.45, 7) is 0. The largest absolute Gasteiger partial charge is 0.480 e. The molecule has 0 saturated heterocycles. The Morgan fingerprint density at radius 3 is 2.00 bits per heavy atom. The topological polar surface area (TPSA) is 118 Å². The van der Waals surface area contributed by atoms with Crippen molar-refractivity contribution in [2.45, 2.75) is 6.04 Å². The third-order valence-electron chi connectivity index (χ3n) is 0.707. The van der Waals surface area contributed by atoms with Crippen LogP contribution in [0.1, 0.15) is 0 Å². The van der Waals surface area contributed by atoms with Crippen molar-refractivity contribution in [3.05, 3.63) is 0 Å². The van der Waals surface area contributed by atoms with Crippen molar-refractivity contribution in [3.8, 4) is 0 Å². The van der Waals surface area contributed by atoms with Crippen molar-refractivity contribution in [2.24, 2.45) is 5.73 Å². The number of carboxylic acids is 1. The number of rotatable bonds is 3. The maximum atomic E-state index is 9.96. The number of hydrogen-bond donors (Lipinski definition) is 3. The number of nitrogens with two attached hydrogens (primary N) is 1. The molecule has 0 aromatic heterocycles. The van der Waals surface area contributed by atoms with E-state index in [9.17, 15) is 13.2 Å². The van der Waals surface area contributed by atoms with E-state index >= 15 is 0 Å². The first-order valence-corrected chi connectivity index (χ1v) is 3.87. The third-order valence-corrected chi connectivity index (χ3v) is 1.49. The molecule has 0 aliphatic heterocycles. The molecule has 11 heavy (non-hydrogen) atoms. The van der Waals surface area contributed by atoms with Gasteiger partial charge < -0.3 is 10.8 Å². The minimum Gasteiger partial charge on any atom is -0.480 e. The van der Waals surface area contributed by atoms with Crippen LogP contribution in [-0.2, 0) is 34.4 Å². The van der Waals surface area contributed by atoms with Crippen LogP contribution in [0.3, 0.4) is 0 Å². The maximum Gasteiger partial charge on any atom is 0.321 e. The van der Waals surface area contributed by atoms with Gasteiger partial charge in [0.25, 0.3) is 10.1 Å². The van der Waals surface area contributed by atoms with Crippen LogP contribution in [0.5, 0.6) is 0 Å². The molecule has 0 fully saturated rings. The summed E-state index contributed by atoms with van der Waals surface area (Å²) in [5.74, 6) is -2.42. The van der Waals surface area contributed by atoms with Gasteiger partial charge in [0.2, 0.25) is 0 Å². The zero-order valence-corrected chi connectivity index (χ0v) is 9.38. The molecule has 62 valence electrons. The molecule has 0 aliphatic rings. The first-order valence-electron chi connectivity index (χ1n) is 2.26. The fourth-order valence-electron chi connectivity index (χ4n) is 0.298. The smallest absolute Gasteiger partial charge is 0.321 e. The molecular formula is C3H7NO5SZn. The third kappa shape index (κ3) is 7.86. The van der Waals surface area contributed by atoms with E-state index in [2.05, 4.69) is 0 Å². The molecule has 0 unspecified atom stereocenters. The second-order valence-electron chi connectivity index (χ2n) is 1.69. The molecule has 0 bridgehead atoms. The molecule has 0 spiro atoms. The fourth-order valence-corrected chi connectivity index (χ4v) is 0.895. The van der Waals surface area contributed by atoms with Gasteiger partial charge in [-0.2, -0.15) is 8.42 Å². The van der Waals surface area contributed by atoms with Crippen LogP contribution in [-0.4, -0.2) is 35.8 Å². The quantitative estimate of drug-likeness (QED) is 0.395. The summed E-state index contributed by atoms with van der Waals surface area (Å²) in [5, 5.41) is 8.04. The molecule has 0 aromatic rings. The Hall–Kier alpha value is -0.0366. The minimum absolute atomic E-state index is 0. The Morgan fingerprint density at radius 2 is 1.91 bits per heavy atom. The predicted octanol–water partition coefficient (Wildman–Crippen LogP) is -1.72. The van der Waals surface area contributed by atoms with E-state index in [0.29, 0.717) is 0 Å². The summed E-state index contributed by atoms with van der Waals surface area (Å²) in [4.78, 5) is 9.88. The Kier molecular flexibility index (Phi) is 5.87. The summed E-state index contributed by atoms with van der Waals surface area (Å²) >= 11 is 0. The van der Waals surface area contributed by atoms with Crippen LogP contribution in [0.15, 0.2) is 0 Å². The SMILES string of the molecule is N[C@H](CS(=O)(=O)O)C(=O)O.[Zn]. The van der Waals surface area contributed by atoms with Crippen molar-refractivity contribution in [1.29, 1.82) is 0 Å². The number of aliphatic carboxylic acids is 1. The van der Waals surface area contributed by atoms with E-state index in [1.54, 1.807) is 0 Å². The molecular weight excluding hydrogens is 227 g/mol. The molecule has 0 amide bonds. The summed E-state index contributed by atoms with van der Waals surface area (Å²) < 4.78 is 28.0. The van der Waals surface area contributed by atoms with Gasteiger partial charge in [0.15, 0.2) is 0 Å².